The summed E-state index contributed by atoms with van der Waals surface area (Å²) in [5.74, 6) is -0.0348. The van der Waals surface area contributed by atoms with Gasteiger partial charge < -0.3 is 16.0 Å². The van der Waals surface area contributed by atoms with Crippen molar-refractivity contribution in [1.82, 2.24) is 20.4 Å². The fraction of sp³-hybridized carbons (Fsp3) is 0.529. The molecule has 2 aliphatic heterocycles. The van der Waals surface area contributed by atoms with E-state index in [-0.39, 0.29) is 23.9 Å². The molecule has 0 radical (unpaired) electrons. The Labute approximate surface area is 169 Å². The summed E-state index contributed by atoms with van der Waals surface area (Å²) in [6.07, 6.45) is 3.18. The molecule has 2 saturated heterocycles. The highest BCUT2D eigenvalue weighted by Gasteiger charge is 2.60. The van der Waals surface area contributed by atoms with Crippen LogP contribution in [0.1, 0.15) is 47.3 Å². The summed E-state index contributed by atoms with van der Waals surface area (Å²) in [7, 11) is 0. The second-order valence-electron chi connectivity index (χ2n) is 6.99. The number of anilines is 1. The van der Waals surface area contributed by atoms with Crippen molar-refractivity contribution in [2.75, 3.05) is 5.73 Å². The number of halogens is 1. The molecule has 2 aliphatic rings. The van der Waals surface area contributed by atoms with Crippen LogP contribution in [0.3, 0.4) is 0 Å². The quantitative estimate of drug-likeness (QED) is 0.766. The van der Waals surface area contributed by atoms with Crippen LogP contribution < -0.4 is 11.1 Å². The summed E-state index contributed by atoms with van der Waals surface area (Å²) in [6.45, 7) is 2.33. The minimum atomic E-state index is -0.560. The lowest BCUT2D eigenvalue weighted by Gasteiger charge is -2.35. The van der Waals surface area contributed by atoms with Crippen LogP contribution in [0.5, 0.6) is 0 Å². The molecule has 2 bridgehead atoms. The monoisotopic (exact) mass is 425 g/mol. The number of thiophene rings is 1. The van der Waals surface area contributed by atoms with Crippen LogP contribution in [0.15, 0.2) is 12.1 Å². The van der Waals surface area contributed by atoms with E-state index >= 15 is 0 Å². The summed E-state index contributed by atoms with van der Waals surface area (Å²) >= 11 is 8.55. The van der Waals surface area contributed by atoms with E-state index in [1.165, 1.54) is 22.7 Å². The molecule has 4 heterocycles. The van der Waals surface area contributed by atoms with Gasteiger partial charge in [0.25, 0.3) is 5.91 Å². The third kappa shape index (κ3) is 3.11. The van der Waals surface area contributed by atoms with E-state index in [4.69, 9.17) is 17.3 Å². The number of aromatic nitrogens is 2. The van der Waals surface area contributed by atoms with Gasteiger partial charge in [0.1, 0.15) is 5.01 Å². The van der Waals surface area contributed by atoms with E-state index in [1.807, 2.05) is 11.8 Å². The fourth-order valence-electron chi connectivity index (χ4n) is 4.50. The maximum atomic E-state index is 13.1. The molecule has 3 N–H and O–H groups in total. The molecule has 7 nitrogen and oxygen atoms in total. The van der Waals surface area contributed by atoms with Crippen molar-refractivity contribution in [2.24, 2.45) is 5.41 Å². The van der Waals surface area contributed by atoms with Crippen LogP contribution in [0.2, 0.25) is 4.34 Å². The molecule has 27 heavy (non-hydrogen) atoms. The molecule has 2 fully saturated rings. The number of nitrogens with zero attached hydrogens (tertiary/aromatic N) is 3. The molecular weight excluding hydrogens is 406 g/mol. The summed E-state index contributed by atoms with van der Waals surface area (Å²) in [4.78, 5) is 28.7. The number of hydrogen-bond acceptors (Lipinski definition) is 7. The summed E-state index contributed by atoms with van der Waals surface area (Å²) in [6, 6.07) is 3.53. The number of amides is 2. The fourth-order valence-corrected chi connectivity index (χ4v) is 6.04. The molecule has 0 aliphatic carbocycles. The number of hydrogen-bond donors (Lipinski definition) is 2. The van der Waals surface area contributed by atoms with Gasteiger partial charge in [-0.3, -0.25) is 9.59 Å². The van der Waals surface area contributed by atoms with Crippen LogP contribution in [-0.4, -0.2) is 39.0 Å². The lowest BCUT2D eigenvalue weighted by molar-refractivity contribution is -0.133. The first kappa shape index (κ1) is 18.6. The maximum absolute atomic E-state index is 13.1. The van der Waals surface area contributed by atoms with Crippen molar-refractivity contribution in [3.8, 4) is 0 Å². The number of rotatable bonds is 5. The van der Waals surface area contributed by atoms with E-state index in [2.05, 4.69) is 15.5 Å². The average Bonchev–Trinajstić information content (AvgIpc) is 3.42. The van der Waals surface area contributed by atoms with Gasteiger partial charge in [-0.2, -0.15) is 0 Å². The predicted octanol–water partition coefficient (Wildman–Crippen LogP) is 2.92. The molecule has 144 valence electrons. The molecule has 0 unspecified atom stereocenters. The van der Waals surface area contributed by atoms with Gasteiger partial charge in [0.2, 0.25) is 11.0 Å². The van der Waals surface area contributed by atoms with Crippen molar-refractivity contribution >= 4 is 51.2 Å². The smallest absolute Gasteiger partial charge is 0.264 e. The first-order valence-electron chi connectivity index (χ1n) is 8.89. The van der Waals surface area contributed by atoms with Gasteiger partial charge in [-0.25, -0.2) is 0 Å². The van der Waals surface area contributed by atoms with Gasteiger partial charge in [-0.05, 0) is 37.8 Å². The zero-order valence-corrected chi connectivity index (χ0v) is 17.2. The van der Waals surface area contributed by atoms with E-state index in [0.717, 1.165) is 12.8 Å². The van der Waals surface area contributed by atoms with Crippen LogP contribution in [0, 0.1) is 5.41 Å². The van der Waals surface area contributed by atoms with Crippen LogP contribution in [0.4, 0.5) is 5.13 Å². The summed E-state index contributed by atoms with van der Waals surface area (Å²) < 4.78 is 0.598. The van der Waals surface area contributed by atoms with Gasteiger partial charge >= 0.3 is 0 Å². The van der Waals surface area contributed by atoms with E-state index in [0.29, 0.717) is 38.7 Å². The molecule has 2 aromatic heterocycles. The zero-order chi connectivity index (χ0) is 19.2. The maximum Gasteiger partial charge on any atom is 0.264 e. The number of nitrogen functional groups attached to an aromatic ring is 1. The average molecular weight is 426 g/mol. The largest absolute Gasteiger partial charge is 0.374 e. The standard InChI is InChI=1S/C17H20ClN5O2S2/c1-2-17(15(25)20-8-13-21-22-16(19)27-13)7-9-3-5-11(17)23(9)14(24)10-4-6-12(18)26-10/h4,6,9,11H,2-3,5,7-8H2,1H3,(H2,19,22)(H,20,25)/t9-,11+,17+/m1/s1. The van der Waals surface area contributed by atoms with Crippen molar-refractivity contribution in [1.29, 1.82) is 0 Å². The first-order chi connectivity index (χ1) is 12.9. The van der Waals surface area contributed by atoms with E-state index < -0.39 is 5.41 Å². The second-order valence-corrected chi connectivity index (χ2v) is 9.80. The molecule has 10 heteroatoms. The Balaban J connectivity index is 1.53. The Morgan fingerprint density at radius 3 is 2.81 bits per heavy atom. The Hall–Kier alpha value is -1.71. The molecular formula is C17H20ClN5O2S2. The highest BCUT2D eigenvalue weighted by molar-refractivity contribution is 7.18. The molecule has 0 aromatic carbocycles. The number of fused-ring (bicyclic) bond motifs is 2. The van der Waals surface area contributed by atoms with Gasteiger partial charge in [-0.1, -0.05) is 29.9 Å². The van der Waals surface area contributed by atoms with Crippen molar-refractivity contribution in [3.63, 3.8) is 0 Å². The second kappa shape index (κ2) is 7.03. The minimum absolute atomic E-state index is 0.0144. The zero-order valence-electron chi connectivity index (χ0n) is 14.8. The molecule has 0 spiro atoms. The molecule has 3 atom stereocenters. The number of nitrogens with one attached hydrogen (secondary N) is 1. The Morgan fingerprint density at radius 1 is 1.37 bits per heavy atom. The van der Waals surface area contributed by atoms with Crippen molar-refractivity contribution < 1.29 is 9.59 Å². The Morgan fingerprint density at radius 2 is 2.19 bits per heavy atom. The van der Waals surface area contributed by atoms with E-state index in [1.54, 1.807) is 12.1 Å². The minimum Gasteiger partial charge on any atom is -0.374 e. The highest BCUT2D eigenvalue weighted by Crippen LogP contribution is 2.52. The Bertz CT molecular complexity index is 884. The van der Waals surface area contributed by atoms with Crippen LogP contribution in [-0.2, 0) is 11.3 Å². The first-order valence-corrected chi connectivity index (χ1v) is 10.9. The van der Waals surface area contributed by atoms with Gasteiger partial charge in [0.05, 0.1) is 21.2 Å². The molecule has 4 rings (SSSR count). The van der Waals surface area contributed by atoms with Gasteiger partial charge in [0.15, 0.2) is 0 Å². The van der Waals surface area contributed by atoms with E-state index in [9.17, 15) is 9.59 Å². The highest BCUT2D eigenvalue weighted by atomic mass is 35.5. The lowest BCUT2D eigenvalue weighted by Crippen LogP contribution is -2.49. The number of carbonyl (C=O) groups excluding carboxylic acids is 2. The third-order valence-corrected chi connectivity index (χ3v) is 7.70. The van der Waals surface area contributed by atoms with Gasteiger partial charge in [-0.15, -0.1) is 21.5 Å². The normalized spacial score (nSPS) is 26.5. The van der Waals surface area contributed by atoms with Gasteiger partial charge in [0, 0.05) is 12.1 Å². The summed E-state index contributed by atoms with van der Waals surface area (Å²) in [5.41, 5.74) is 5.04. The number of carbonyl (C=O) groups is 2. The molecule has 0 saturated carbocycles. The van der Waals surface area contributed by atoms with Crippen molar-refractivity contribution in [3.05, 3.63) is 26.4 Å². The molecule has 2 aromatic rings. The van der Waals surface area contributed by atoms with Crippen molar-refractivity contribution in [2.45, 2.75) is 51.2 Å². The Kier molecular flexibility index (Phi) is 4.85. The SMILES string of the molecule is CC[C@]1(C(=O)NCc2nnc(N)s2)C[C@H]2CC[C@@H]1N2C(=O)c1ccc(Cl)s1. The summed E-state index contributed by atoms with van der Waals surface area (Å²) in [5, 5.41) is 11.8. The third-order valence-electron chi connectivity index (χ3n) is 5.72. The lowest BCUT2D eigenvalue weighted by atomic mass is 9.71. The predicted molar refractivity (Wildman–Crippen MR) is 106 cm³/mol. The number of nitrogens with two attached hydrogens (primary N) is 1. The van der Waals surface area contributed by atoms with Crippen LogP contribution >= 0.6 is 34.3 Å². The molecule has 2 amide bonds. The topological polar surface area (TPSA) is 101 Å². The van der Waals surface area contributed by atoms with Crippen LogP contribution in [0.25, 0.3) is 0 Å².